The highest BCUT2D eigenvalue weighted by Gasteiger charge is 2.33. The van der Waals surface area contributed by atoms with Gasteiger partial charge in [0.1, 0.15) is 5.82 Å². The maximum absolute atomic E-state index is 13.8. The lowest BCUT2D eigenvalue weighted by Gasteiger charge is -2.22. The number of halogens is 1. The van der Waals surface area contributed by atoms with Crippen LogP contribution in [-0.2, 0) is 0 Å². The second-order valence-corrected chi connectivity index (χ2v) is 8.25. The summed E-state index contributed by atoms with van der Waals surface area (Å²) in [5.41, 5.74) is 0.548. The van der Waals surface area contributed by atoms with Gasteiger partial charge in [-0.15, -0.1) is 16.4 Å². The first-order valence-corrected chi connectivity index (χ1v) is 10.4. The number of fused-ring (bicyclic) bond motifs is 2. The molecule has 3 aromatic rings. The molecule has 2 fully saturated rings. The van der Waals surface area contributed by atoms with E-state index in [1.165, 1.54) is 29.9 Å². The summed E-state index contributed by atoms with van der Waals surface area (Å²) < 4.78 is 15.3. The summed E-state index contributed by atoms with van der Waals surface area (Å²) in [6, 6.07) is 10.9. The predicted molar refractivity (Wildman–Crippen MR) is 105 cm³/mol. The number of carbonyl (C=O) groups is 1. The molecule has 4 heterocycles. The number of aromatic nitrogens is 3. The molecule has 2 aliphatic rings. The van der Waals surface area contributed by atoms with Gasteiger partial charge in [0.25, 0.3) is 5.91 Å². The summed E-state index contributed by atoms with van der Waals surface area (Å²) in [5, 5.41) is 10.0. The van der Waals surface area contributed by atoms with Gasteiger partial charge < -0.3 is 10.2 Å². The van der Waals surface area contributed by atoms with Crippen molar-refractivity contribution in [2.24, 2.45) is 0 Å². The first kappa shape index (κ1) is 17.5. The van der Waals surface area contributed by atoms with Crippen LogP contribution < -0.4 is 5.32 Å². The van der Waals surface area contributed by atoms with E-state index in [1.54, 1.807) is 16.8 Å². The van der Waals surface area contributed by atoms with Gasteiger partial charge in [-0.05, 0) is 48.9 Å². The van der Waals surface area contributed by atoms with Crippen molar-refractivity contribution >= 4 is 17.2 Å². The Labute approximate surface area is 166 Å². The standard InChI is InChI=1S/C20H20FN5OS/c21-13-3-1-4-16(11-13)26-19(17-5-2-10-28-17)23-18(24-26)20(27)25-9-8-14-6-7-15(12-25)22-14/h1-5,10-11,14-15,22H,6-9,12H2. The zero-order chi connectivity index (χ0) is 19.1. The summed E-state index contributed by atoms with van der Waals surface area (Å²) in [6.07, 6.45) is 3.23. The Kier molecular flexibility index (Phi) is 4.44. The molecule has 2 aromatic heterocycles. The maximum Gasteiger partial charge on any atom is 0.293 e. The second-order valence-electron chi connectivity index (χ2n) is 7.31. The van der Waals surface area contributed by atoms with Crippen molar-refractivity contribution in [3.8, 4) is 16.4 Å². The molecule has 0 radical (unpaired) electrons. The SMILES string of the molecule is O=C(c1nc(-c2cccs2)n(-c2cccc(F)c2)n1)N1CCC2CCC(C1)N2. The number of likely N-dealkylation sites (tertiary alicyclic amines) is 1. The van der Waals surface area contributed by atoms with Gasteiger partial charge in [-0.3, -0.25) is 4.79 Å². The van der Waals surface area contributed by atoms with Crippen molar-refractivity contribution in [2.45, 2.75) is 31.3 Å². The maximum atomic E-state index is 13.8. The first-order valence-electron chi connectivity index (χ1n) is 9.49. The average Bonchev–Trinajstić information content (AvgIpc) is 3.40. The fourth-order valence-electron chi connectivity index (χ4n) is 4.02. The topological polar surface area (TPSA) is 63.1 Å². The summed E-state index contributed by atoms with van der Waals surface area (Å²) in [6.45, 7) is 1.38. The van der Waals surface area contributed by atoms with Gasteiger partial charge in [0, 0.05) is 25.2 Å². The van der Waals surface area contributed by atoms with Crippen LogP contribution in [0.4, 0.5) is 4.39 Å². The van der Waals surface area contributed by atoms with Crippen LogP contribution in [0.15, 0.2) is 41.8 Å². The Morgan fingerprint density at radius 2 is 2.07 bits per heavy atom. The van der Waals surface area contributed by atoms with Crippen LogP contribution >= 0.6 is 11.3 Å². The molecule has 2 atom stereocenters. The molecule has 0 aliphatic carbocycles. The molecular formula is C20H20FN5OS. The highest BCUT2D eigenvalue weighted by atomic mass is 32.1. The van der Waals surface area contributed by atoms with Crippen molar-refractivity contribution in [1.82, 2.24) is 25.0 Å². The molecule has 8 heteroatoms. The second kappa shape index (κ2) is 7.10. The van der Waals surface area contributed by atoms with Crippen LogP contribution in [0.5, 0.6) is 0 Å². The van der Waals surface area contributed by atoms with E-state index in [2.05, 4.69) is 15.4 Å². The number of thiophene rings is 1. The summed E-state index contributed by atoms with van der Waals surface area (Å²) in [5.74, 6) is 0.193. The molecule has 0 spiro atoms. The number of hydrogen-bond donors (Lipinski definition) is 1. The minimum atomic E-state index is -0.354. The zero-order valence-corrected chi connectivity index (χ0v) is 16.0. The van der Waals surface area contributed by atoms with E-state index in [9.17, 15) is 9.18 Å². The lowest BCUT2D eigenvalue weighted by Crippen LogP contribution is -2.39. The highest BCUT2D eigenvalue weighted by molar-refractivity contribution is 7.13. The van der Waals surface area contributed by atoms with Gasteiger partial charge in [-0.1, -0.05) is 12.1 Å². The summed E-state index contributed by atoms with van der Waals surface area (Å²) in [4.78, 5) is 20.4. The van der Waals surface area contributed by atoms with E-state index in [-0.39, 0.29) is 17.5 Å². The molecule has 2 bridgehead atoms. The minimum Gasteiger partial charge on any atom is -0.334 e. The molecule has 1 aromatic carbocycles. The van der Waals surface area contributed by atoms with Crippen LogP contribution in [0.25, 0.3) is 16.4 Å². The molecule has 1 N–H and O–H groups in total. The van der Waals surface area contributed by atoms with Crippen LogP contribution in [0.1, 0.15) is 29.9 Å². The lowest BCUT2D eigenvalue weighted by molar-refractivity contribution is 0.0736. The largest absolute Gasteiger partial charge is 0.334 e. The van der Waals surface area contributed by atoms with Crippen molar-refractivity contribution in [3.05, 3.63) is 53.4 Å². The quantitative estimate of drug-likeness (QED) is 0.738. The lowest BCUT2D eigenvalue weighted by atomic mass is 10.1. The smallest absolute Gasteiger partial charge is 0.293 e. The Hall–Kier alpha value is -2.58. The van der Waals surface area contributed by atoms with E-state index >= 15 is 0 Å². The Balaban J connectivity index is 1.51. The minimum absolute atomic E-state index is 0.158. The normalized spacial score (nSPS) is 21.7. The predicted octanol–water partition coefficient (Wildman–Crippen LogP) is 3.10. The van der Waals surface area contributed by atoms with Crippen LogP contribution in [0.3, 0.4) is 0 Å². The average molecular weight is 397 g/mol. The Bertz CT molecular complexity index is 1000. The number of rotatable bonds is 3. The number of nitrogens with one attached hydrogen (secondary N) is 1. The molecule has 0 saturated carbocycles. The number of benzene rings is 1. The van der Waals surface area contributed by atoms with Gasteiger partial charge in [0.15, 0.2) is 5.82 Å². The molecule has 28 heavy (non-hydrogen) atoms. The van der Waals surface area contributed by atoms with Crippen molar-refractivity contribution in [1.29, 1.82) is 0 Å². The third-order valence-electron chi connectivity index (χ3n) is 5.40. The Morgan fingerprint density at radius 1 is 1.18 bits per heavy atom. The molecule has 2 aliphatic heterocycles. The number of nitrogens with zero attached hydrogens (tertiary/aromatic N) is 4. The third-order valence-corrected chi connectivity index (χ3v) is 6.27. The molecule has 2 saturated heterocycles. The number of amides is 1. The molecular weight excluding hydrogens is 377 g/mol. The van der Waals surface area contributed by atoms with Crippen LogP contribution in [-0.4, -0.2) is 50.7 Å². The highest BCUT2D eigenvalue weighted by Crippen LogP contribution is 2.27. The van der Waals surface area contributed by atoms with Crippen LogP contribution in [0.2, 0.25) is 0 Å². The molecule has 5 rings (SSSR count). The van der Waals surface area contributed by atoms with E-state index in [4.69, 9.17) is 0 Å². The number of hydrogen-bond acceptors (Lipinski definition) is 5. The van der Waals surface area contributed by atoms with Crippen molar-refractivity contribution in [2.75, 3.05) is 13.1 Å². The molecule has 2 unspecified atom stereocenters. The van der Waals surface area contributed by atoms with Gasteiger partial charge in [-0.25, -0.2) is 14.1 Å². The fourth-order valence-corrected chi connectivity index (χ4v) is 4.72. The summed E-state index contributed by atoms with van der Waals surface area (Å²) in [7, 11) is 0. The zero-order valence-electron chi connectivity index (χ0n) is 15.2. The van der Waals surface area contributed by atoms with E-state index in [1.807, 2.05) is 22.4 Å². The fraction of sp³-hybridized carbons (Fsp3) is 0.350. The first-order chi connectivity index (χ1) is 13.7. The van der Waals surface area contributed by atoms with Gasteiger partial charge >= 0.3 is 0 Å². The number of carbonyl (C=O) groups excluding carboxylic acids is 1. The Morgan fingerprint density at radius 3 is 2.89 bits per heavy atom. The van der Waals surface area contributed by atoms with Crippen molar-refractivity contribution < 1.29 is 9.18 Å². The third kappa shape index (κ3) is 3.22. The molecule has 144 valence electrons. The monoisotopic (exact) mass is 397 g/mol. The van der Waals surface area contributed by atoms with E-state index in [0.29, 0.717) is 36.7 Å². The van der Waals surface area contributed by atoms with Crippen molar-refractivity contribution in [3.63, 3.8) is 0 Å². The molecule has 6 nitrogen and oxygen atoms in total. The molecule has 1 amide bonds. The van der Waals surface area contributed by atoms with E-state index < -0.39 is 0 Å². The van der Waals surface area contributed by atoms with Gasteiger partial charge in [-0.2, -0.15) is 0 Å². The summed E-state index contributed by atoms with van der Waals surface area (Å²) >= 11 is 1.51. The van der Waals surface area contributed by atoms with Gasteiger partial charge in [0.2, 0.25) is 5.82 Å². The van der Waals surface area contributed by atoms with Crippen LogP contribution in [0, 0.1) is 5.82 Å². The van der Waals surface area contributed by atoms with E-state index in [0.717, 1.165) is 17.7 Å². The van der Waals surface area contributed by atoms with Gasteiger partial charge in [0.05, 0.1) is 10.6 Å².